The number of amides is 1. The van der Waals surface area contributed by atoms with Gasteiger partial charge >= 0.3 is 0 Å². The normalized spacial score (nSPS) is 21.7. The summed E-state index contributed by atoms with van der Waals surface area (Å²) in [6.45, 7) is 7.97. The molecule has 0 aromatic carbocycles. The molecular formula is C16H30N4OS. The first kappa shape index (κ1) is 17.4. The van der Waals surface area contributed by atoms with Crippen molar-refractivity contribution in [3.63, 3.8) is 0 Å². The van der Waals surface area contributed by atoms with E-state index in [-0.39, 0.29) is 5.91 Å². The van der Waals surface area contributed by atoms with E-state index in [1.807, 2.05) is 0 Å². The van der Waals surface area contributed by atoms with Gasteiger partial charge in [-0.25, -0.2) is 0 Å². The summed E-state index contributed by atoms with van der Waals surface area (Å²) in [4.78, 5) is 18.1. The van der Waals surface area contributed by atoms with Gasteiger partial charge < -0.3 is 15.5 Å². The Morgan fingerprint density at radius 1 is 1.27 bits per heavy atom. The first-order valence-electron chi connectivity index (χ1n) is 8.57. The Bertz CT molecular complexity index is 388. The molecule has 1 aliphatic carbocycles. The molecule has 0 atom stereocenters. The Balaban J connectivity index is 1.94. The second-order valence-corrected chi connectivity index (χ2v) is 7.80. The van der Waals surface area contributed by atoms with Crippen LogP contribution in [0.25, 0.3) is 0 Å². The summed E-state index contributed by atoms with van der Waals surface area (Å²) < 4.78 is 0.449. The van der Waals surface area contributed by atoms with Crippen molar-refractivity contribution in [2.75, 3.05) is 38.5 Å². The highest BCUT2D eigenvalue weighted by Gasteiger charge is 2.38. The standard InChI is InChI=1S/C16H30N4OS/c1-3-17-15(19-10-9-18-14(2)21)20-11-12-22-16(13-20)7-5-4-6-8-16/h3-13H2,1-2H3,(H,17,19)(H,18,21). The van der Waals surface area contributed by atoms with E-state index >= 15 is 0 Å². The van der Waals surface area contributed by atoms with Crippen molar-refractivity contribution in [1.82, 2.24) is 15.5 Å². The van der Waals surface area contributed by atoms with Gasteiger partial charge in [-0.2, -0.15) is 11.8 Å². The van der Waals surface area contributed by atoms with Gasteiger partial charge in [0.2, 0.25) is 5.91 Å². The highest BCUT2D eigenvalue weighted by Crippen LogP contribution is 2.42. The number of nitrogens with one attached hydrogen (secondary N) is 2. The molecule has 22 heavy (non-hydrogen) atoms. The van der Waals surface area contributed by atoms with E-state index in [9.17, 15) is 4.79 Å². The molecule has 0 aromatic heterocycles. The first-order chi connectivity index (χ1) is 10.7. The minimum absolute atomic E-state index is 0.00994. The van der Waals surface area contributed by atoms with Gasteiger partial charge in [-0.15, -0.1) is 0 Å². The number of carbonyl (C=O) groups excluding carboxylic acids is 1. The average molecular weight is 327 g/mol. The van der Waals surface area contributed by atoms with Crippen LogP contribution in [0.5, 0.6) is 0 Å². The van der Waals surface area contributed by atoms with Crippen molar-refractivity contribution in [3.05, 3.63) is 0 Å². The highest BCUT2D eigenvalue weighted by atomic mass is 32.2. The molecule has 1 saturated carbocycles. The maximum Gasteiger partial charge on any atom is 0.216 e. The minimum atomic E-state index is 0.00994. The van der Waals surface area contributed by atoms with Crippen molar-refractivity contribution in [2.45, 2.75) is 50.7 Å². The third kappa shape index (κ3) is 5.07. The van der Waals surface area contributed by atoms with Gasteiger partial charge in [0.05, 0.1) is 6.54 Å². The Labute approximate surface area is 138 Å². The van der Waals surface area contributed by atoms with E-state index in [2.05, 4.69) is 34.2 Å². The number of hydrogen-bond acceptors (Lipinski definition) is 3. The first-order valence-corrected chi connectivity index (χ1v) is 9.55. The summed E-state index contributed by atoms with van der Waals surface area (Å²) >= 11 is 2.18. The average Bonchev–Trinajstić information content (AvgIpc) is 2.51. The topological polar surface area (TPSA) is 56.7 Å². The highest BCUT2D eigenvalue weighted by molar-refractivity contribution is 8.00. The van der Waals surface area contributed by atoms with Gasteiger partial charge in [-0.05, 0) is 19.8 Å². The molecule has 0 radical (unpaired) electrons. The SMILES string of the molecule is CCNC(=NCCNC(C)=O)N1CCSC2(CCCCC2)C1. The lowest BCUT2D eigenvalue weighted by molar-refractivity contribution is -0.118. The third-order valence-electron chi connectivity index (χ3n) is 4.39. The molecule has 2 aliphatic rings. The lowest BCUT2D eigenvalue weighted by atomic mass is 9.87. The summed E-state index contributed by atoms with van der Waals surface area (Å²) in [5, 5.41) is 6.22. The van der Waals surface area contributed by atoms with Gasteiger partial charge in [0.1, 0.15) is 0 Å². The van der Waals surface area contributed by atoms with Crippen LogP contribution in [-0.4, -0.2) is 60.0 Å². The van der Waals surface area contributed by atoms with Crippen LogP contribution in [0, 0.1) is 0 Å². The molecule has 0 unspecified atom stereocenters. The number of guanidine groups is 1. The molecule has 2 N–H and O–H groups in total. The summed E-state index contributed by atoms with van der Waals surface area (Å²) in [7, 11) is 0. The number of nitrogens with zero attached hydrogens (tertiary/aromatic N) is 2. The van der Waals surface area contributed by atoms with E-state index in [0.29, 0.717) is 17.8 Å². The van der Waals surface area contributed by atoms with Crippen molar-refractivity contribution in [2.24, 2.45) is 4.99 Å². The Hall–Kier alpha value is -0.910. The fourth-order valence-electron chi connectivity index (χ4n) is 3.34. The zero-order chi connectivity index (χ0) is 15.8. The second-order valence-electron chi connectivity index (χ2n) is 6.23. The molecule has 1 heterocycles. The summed E-state index contributed by atoms with van der Waals surface area (Å²) in [6.07, 6.45) is 6.83. The summed E-state index contributed by atoms with van der Waals surface area (Å²) in [5.41, 5.74) is 0. The quantitative estimate of drug-likeness (QED) is 0.470. The number of rotatable bonds is 4. The Morgan fingerprint density at radius 2 is 2.05 bits per heavy atom. The van der Waals surface area contributed by atoms with Crippen LogP contribution < -0.4 is 10.6 Å². The number of aliphatic imine (C=N–C) groups is 1. The molecule has 6 heteroatoms. The molecule has 0 aromatic rings. The molecule has 1 spiro atoms. The zero-order valence-corrected chi connectivity index (χ0v) is 14.8. The third-order valence-corrected chi connectivity index (χ3v) is 5.93. The van der Waals surface area contributed by atoms with Crippen molar-refractivity contribution in [1.29, 1.82) is 0 Å². The van der Waals surface area contributed by atoms with Crippen LogP contribution in [0.2, 0.25) is 0 Å². The van der Waals surface area contributed by atoms with E-state index in [4.69, 9.17) is 4.99 Å². The van der Waals surface area contributed by atoms with Gasteiger partial charge in [0, 0.05) is 43.6 Å². The van der Waals surface area contributed by atoms with Gasteiger partial charge in [0.15, 0.2) is 5.96 Å². The van der Waals surface area contributed by atoms with E-state index in [1.165, 1.54) is 37.9 Å². The monoisotopic (exact) mass is 326 g/mol. The molecule has 2 rings (SSSR count). The number of carbonyl (C=O) groups is 1. The molecule has 5 nitrogen and oxygen atoms in total. The summed E-state index contributed by atoms with van der Waals surface area (Å²) in [5.74, 6) is 2.21. The fraction of sp³-hybridized carbons (Fsp3) is 0.875. The van der Waals surface area contributed by atoms with Crippen molar-refractivity contribution < 1.29 is 4.79 Å². The van der Waals surface area contributed by atoms with Gasteiger partial charge in [-0.3, -0.25) is 9.79 Å². The maximum atomic E-state index is 10.9. The van der Waals surface area contributed by atoms with Crippen LogP contribution in [-0.2, 0) is 4.79 Å². The predicted molar refractivity (Wildman–Crippen MR) is 94.5 cm³/mol. The zero-order valence-electron chi connectivity index (χ0n) is 14.0. The fourth-order valence-corrected chi connectivity index (χ4v) is 4.91. The summed E-state index contributed by atoms with van der Waals surface area (Å²) in [6, 6.07) is 0. The van der Waals surface area contributed by atoms with Gasteiger partial charge in [-0.1, -0.05) is 19.3 Å². The smallest absolute Gasteiger partial charge is 0.216 e. The van der Waals surface area contributed by atoms with Crippen LogP contribution >= 0.6 is 11.8 Å². The van der Waals surface area contributed by atoms with E-state index < -0.39 is 0 Å². The van der Waals surface area contributed by atoms with Crippen molar-refractivity contribution in [3.8, 4) is 0 Å². The molecule has 0 bridgehead atoms. The maximum absolute atomic E-state index is 10.9. The van der Waals surface area contributed by atoms with Gasteiger partial charge in [0.25, 0.3) is 0 Å². The lowest BCUT2D eigenvalue weighted by Gasteiger charge is -2.45. The molecule has 1 amide bonds. The molecule has 2 fully saturated rings. The Morgan fingerprint density at radius 3 is 2.73 bits per heavy atom. The second kappa shape index (κ2) is 8.65. The molecular weight excluding hydrogens is 296 g/mol. The molecule has 126 valence electrons. The van der Waals surface area contributed by atoms with Crippen LogP contribution in [0.4, 0.5) is 0 Å². The predicted octanol–water partition coefficient (Wildman–Crippen LogP) is 1.84. The molecule has 1 saturated heterocycles. The number of hydrogen-bond donors (Lipinski definition) is 2. The van der Waals surface area contributed by atoms with Crippen LogP contribution in [0.3, 0.4) is 0 Å². The van der Waals surface area contributed by atoms with Crippen molar-refractivity contribution >= 4 is 23.6 Å². The Kier molecular flexibility index (Phi) is 6.86. The van der Waals surface area contributed by atoms with Crippen LogP contribution in [0.1, 0.15) is 46.0 Å². The molecule has 1 aliphatic heterocycles. The lowest BCUT2D eigenvalue weighted by Crippen LogP contribution is -2.53. The van der Waals surface area contributed by atoms with E-state index in [1.54, 1.807) is 6.92 Å². The van der Waals surface area contributed by atoms with E-state index in [0.717, 1.165) is 25.6 Å². The minimum Gasteiger partial charge on any atom is -0.357 e. The largest absolute Gasteiger partial charge is 0.357 e. The van der Waals surface area contributed by atoms with Crippen LogP contribution in [0.15, 0.2) is 4.99 Å². The number of thioether (sulfide) groups is 1.